The van der Waals surface area contributed by atoms with Gasteiger partial charge in [-0.15, -0.1) is 0 Å². The molecule has 15 heavy (non-hydrogen) atoms. The van der Waals surface area contributed by atoms with Gasteiger partial charge in [0.1, 0.15) is 0 Å². The second-order valence-corrected chi connectivity index (χ2v) is 3.29. The Morgan fingerprint density at radius 3 is 2.87 bits per heavy atom. The SMILES string of the molecule is CCNc1cnccc1C(=O)NN(C)C. The van der Waals surface area contributed by atoms with E-state index >= 15 is 0 Å². The number of hydrazine groups is 1. The van der Waals surface area contributed by atoms with E-state index in [0.717, 1.165) is 12.2 Å². The maximum Gasteiger partial charge on any atom is 0.267 e. The van der Waals surface area contributed by atoms with Crippen LogP contribution < -0.4 is 10.7 Å². The van der Waals surface area contributed by atoms with Gasteiger partial charge in [-0.1, -0.05) is 0 Å². The summed E-state index contributed by atoms with van der Waals surface area (Å²) in [6.45, 7) is 2.73. The van der Waals surface area contributed by atoms with Crippen LogP contribution in [0.4, 0.5) is 5.69 Å². The summed E-state index contributed by atoms with van der Waals surface area (Å²) in [5.74, 6) is -0.140. The highest BCUT2D eigenvalue weighted by molar-refractivity contribution is 5.99. The summed E-state index contributed by atoms with van der Waals surface area (Å²) in [4.78, 5) is 15.7. The fraction of sp³-hybridized carbons (Fsp3) is 0.400. The zero-order valence-corrected chi connectivity index (χ0v) is 9.24. The Hall–Kier alpha value is -1.62. The topological polar surface area (TPSA) is 57.3 Å². The van der Waals surface area contributed by atoms with Gasteiger partial charge in [0.15, 0.2) is 0 Å². The van der Waals surface area contributed by atoms with E-state index in [-0.39, 0.29) is 5.91 Å². The molecule has 0 fully saturated rings. The van der Waals surface area contributed by atoms with Gasteiger partial charge in [-0.3, -0.25) is 15.2 Å². The molecular formula is C10H16N4O. The van der Waals surface area contributed by atoms with Crippen LogP contribution in [-0.4, -0.2) is 36.5 Å². The van der Waals surface area contributed by atoms with Crippen molar-refractivity contribution in [3.8, 4) is 0 Å². The van der Waals surface area contributed by atoms with E-state index in [4.69, 9.17) is 0 Å². The van der Waals surface area contributed by atoms with Crippen LogP contribution in [-0.2, 0) is 0 Å². The molecule has 0 saturated heterocycles. The molecule has 2 N–H and O–H groups in total. The summed E-state index contributed by atoms with van der Waals surface area (Å²) < 4.78 is 0. The molecule has 5 nitrogen and oxygen atoms in total. The molecule has 0 aliphatic heterocycles. The minimum absolute atomic E-state index is 0.140. The lowest BCUT2D eigenvalue weighted by Crippen LogP contribution is -2.36. The molecule has 1 aromatic rings. The number of amides is 1. The van der Waals surface area contributed by atoms with Crippen LogP contribution in [0.5, 0.6) is 0 Å². The van der Waals surface area contributed by atoms with Crippen molar-refractivity contribution >= 4 is 11.6 Å². The summed E-state index contributed by atoms with van der Waals surface area (Å²) in [6.07, 6.45) is 3.25. The van der Waals surface area contributed by atoms with E-state index in [1.165, 1.54) is 0 Å². The van der Waals surface area contributed by atoms with Gasteiger partial charge in [0.2, 0.25) is 0 Å². The molecule has 0 unspecified atom stereocenters. The normalized spacial score (nSPS) is 10.1. The fourth-order valence-electron chi connectivity index (χ4n) is 1.19. The first-order valence-corrected chi connectivity index (χ1v) is 4.81. The predicted molar refractivity (Wildman–Crippen MR) is 59.6 cm³/mol. The van der Waals surface area contributed by atoms with Crippen molar-refractivity contribution < 1.29 is 4.79 Å². The molecule has 0 atom stereocenters. The Morgan fingerprint density at radius 2 is 2.27 bits per heavy atom. The second kappa shape index (κ2) is 5.31. The maximum absolute atomic E-state index is 11.7. The standard InChI is InChI=1S/C10H16N4O/c1-4-12-9-7-11-6-5-8(9)10(15)13-14(2)3/h5-7,12H,4H2,1-3H3,(H,13,15). The highest BCUT2D eigenvalue weighted by Crippen LogP contribution is 2.12. The highest BCUT2D eigenvalue weighted by Gasteiger charge is 2.10. The van der Waals surface area contributed by atoms with Gasteiger partial charge in [0.25, 0.3) is 5.91 Å². The summed E-state index contributed by atoms with van der Waals surface area (Å²) in [5, 5.41) is 4.70. The number of nitrogens with zero attached hydrogens (tertiary/aromatic N) is 2. The molecule has 82 valence electrons. The smallest absolute Gasteiger partial charge is 0.267 e. The zero-order chi connectivity index (χ0) is 11.3. The molecule has 5 heteroatoms. The van der Waals surface area contributed by atoms with E-state index in [2.05, 4.69) is 15.7 Å². The monoisotopic (exact) mass is 208 g/mol. The Kier molecular flexibility index (Phi) is 4.05. The second-order valence-electron chi connectivity index (χ2n) is 3.29. The quantitative estimate of drug-likeness (QED) is 0.716. The molecule has 1 heterocycles. The van der Waals surface area contributed by atoms with Crippen LogP contribution in [0.1, 0.15) is 17.3 Å². The predicted octanol–water partition coefficient (Wildman–Crippen LogP) is 0.720. The molecule has 1 aromatic heterocycles. The summed E-state index contributed by atoms with van der Waals surface area (Å²) in [5.41, 5.74) is 4.03. The van der Waals surface area contributed by atoms with Crippen LogP contribution in [0, 0.1) is 0 Å². The molecule has 0 aliphatic rings. The highest BCUT2D eigenvalue weighted by atomic mass is 16.2. The third-order valence-corrected chi connectivity index (χ3v) is 1.76. The molecule has 0 bridgehead atoms. The Labute approximate surface area is 89.5 Å². The largest absolute Gasteiger partial charge is 0.383 e. The lowest BCUT2D eigenvalue weighted by atomic mass is 10.2. The first-order valence-electron chi connectivity index (χ1n) is 4.81. The molecule has 0 spiro atoms. The molecule has 0 saturated carbocycles. The van der Waals surface area contributed by atoms with Crippen molar-refractivity contribution in [2.24, 2.45) is 0 Å². The third-order valence-electron chi connectivity index (χ3n) is 1.76. The lowest BCUT2D eigenvalue weighted by Gasteiger charge is -2.14. The maximum atomic E-state index is 11.7. The van der Waals surface area contributed by atoms with Crippen LogP contribution in [0.25, 0.3) is 0 Å². The number of hydrogen-bond acceptors (Lipinski definition) is 4. The number of aromatic nitrogens is 1. The summed E-state index contributed by atoms with van der Waals surface area (Å²) >= 11 is 0. The van der Waals surface area contributed by atoms with Gasteiger partial charge in [-0.2, -0.15) is 0 Å². The number of pyridine rings is 1. The summed E-state index contributed by atoms with van der Waals surface area (Å²) in [6, 6.07) is 1.69. The van der Waals surface area contributed by atoms with E-state index < -0.39 is 0 Å². The van der Waals surface area contributed by atoms with Gasteiger partial charge in [-0.25, -0.2) is 5.01 Å². The van der Waals surface area contributed by atoms with E-state index in [1.54, 1.807) is 37.6 Å². The number of rotatable bonds is 4. The van der Waals surface area contributed by atoms with E-state index in [9.17, 15) is 4.79 Å². The van der Waals surface area contributed by atoms with Crippen molar-refractivity contribution in [1.82, 2.24) is 15.4 Å². The van der Waals surface area contributed by atoms with Crippen molar-refractivity contribution in [2.75, 3.05) is 26.0 Å². The first kappa shape index (κ1) is 11.5. The van der Waals surface area contributed by atoms with Gasteiger partial charge >= 0.3 is 0 Å². The number of hydrogen-bond donors (Lipinski definition) is 2. The summed E-state index contributed by atoms with van der Waals surface area (Å²) in [7, 11) is 3.54. The Morgan fingerprint density at radius 1 is 1.53 bits per heavy atom. The van der Waals surface area contributed by atoms with Crippen molar-refractivity contribution in [2.45, 2.75) is 6.92 Å². The molecule has 0 aliphatic carbocycles. The fourth-order valence-corrected chi connectivity index (χ4v) is 1.19. The van der Waals surface area contributed by atoms with E-state index in [1.807, 2.05) is 6.92 Å². The van der Waals surface area contributed by atoms with Crippen LogP contribution >= 0.6 is 0 Å². The average molecular weight is 208 g/mol. The minimum Gasteiger partial charge on any atom is -0.383 e. The molecule has 0 aromatic carbocycles. The van der Waals surface area contributed by atoms with Crippen LogP contribution in [0.15, 0.2) is 18.5 Å². The number of carbonyl (C=O) groups excluding carboxylic acids is 1. The Balaban J connectivity index is 2.87. The number of nitrogens with one attached hydrogen (secondary N) is 2. The van der Waals surface area contributed by atoms with Crippen molar-refractivity contribution in [1.29, 1.82) is 0 Å². The van der Waals surface area contributed by atoms with Gasteiger partial charge in [0.05, 0.1) is 17.4 Å². The molecule has 0 radical (unpaired) electrons. The third kappa shape index (κ3) is 3.21. The first-order chi connectivity index (χ1) is 7.15. The van der Waals surface area contributed by atoms with E-state index in [0.29, 0.717) is 5.56 Å². The van der Waals surface area contributed by atoms with Crippen molar-refractivity contribution in [3.63, 3.8) is 0 Å². The van der Waals surface area contributed by atoms with Gasteiger partial charge in [0, 0.05) is 26.8 Å². The number of anilines is 1. The van der Waals surface area contributed by atoms with Gasteiger partial charge < -0.3 is 5.32 Å². The van der Waals surface area contributed by atoms with Crippen LogP contribution in [0.2, 0.25) is 0 Å². The zero-order valence-electron chi connectivity index (χ0n) is 9.24. The molecule has 1 rings (SSSR count). The Bertz CT molecular complexity index is 338. The molecule has 1 amide bonds. The van der Waals surface area contributed by atoms with Crippen LogP contribution in [0.3, 0.4) is 0 Å². The van der Waals surface area contributed by atoms with Gasteiger partial charge in [-0.05, 0) is 13.0 Å². The lowest BCUT2D eigenvalue weighted by molar-refractivity contribution is 0.0857. The average Bonchev–Trinajstić information content (AvgIpc) is 2.18. The minimum atomic E-state index is -0.140. The number of carbonyl (C=O) groups is 1. The molecular weight excluding hydrogens is 192 g/mol. The van der Waals surface area contributed by atoms with Crippen molar-refractivity contribution in [3.05, 3.63) is 24.0 Å².